The maximum absolute atomic E-state index is 15.1. The van der Waals surface area contributed by atoms with Gasteiger partial charge in [0.25, 0.3) is 0 Å². The molecule has 4 rings (SSSR count). The molecule has 1 aromatic rings. The number of nitrogens with two attached hydrogens (primary N) is 1. The van der Waals surface area contributed by atoms with Crippen LogP contribution in [-0.2, 0) is 9.59 Å². The summed E-state index contributed by atoms with van der Waals surface area (Å²) >= 11 is 0. The molecule has 2 aliphatic heterocycles. The standard InChI is InChI=1S/C33H52F2N4O2/c1-31(2,3)30(41)39(22-11-13-33(7,8)14-12-22)24-16-23(17-36)38(18-24)29(40)27-20-37(32(4,5)6)19-26(27)25-10-9-21(34)15-28(25)35/h9-10,15,22-24,26-27H,11-14,16-20,36H2,1-8H3/t23-,24-,26-,27?/m0/s1. The summed E-state index contributed by atoms with van der Waals surface area (Å²) in [5.41, 5.74) is 6.18. The van der Waals surface area contributed by atoms with Gasteiger partial charge < -0.3 is 15.5 Å². The van der Waals surface area contributed by atoms with Crippen molar-refractivity contribution in [3.8, 4) is 0 Å². The zero-order chi connectivity index (χ0) is 30.5. The van der Waals surface area contributed by atoms with Gasteiger partial charge in [-0.2, -0.15) is 0 Å². The number of amides is 2. The van der Waals surface area contributed by atoms with Crippen molar-refractivity contribution in [1.82, 2.24) is 14.7 Å². The molecule has 1 aliphatic carbocycles. The normalized spacial score (nSPS) is 27.8. The fourth-order valence-corrected chi connectivity index (χ4v) is 7.20. The van der Waals surface area contributed by atoms with Crippen molar-refractivity contribution in [2.45, 2.75) is 117 Å². The molecular formula is C33H52F2N4O2. The predicted octanol–water partition coefficient (Wildman–Crippen LogP) is 5.55. The van der Waals surface area contributed by atoms with Crippen molar-refractivity contribution >= 4 is 11.8 Å². The second kappa shape index (κ2) is 11.6. The lowest BCUT2D eigenvalue weighted by Gasteiger charge is -2.45. The Morgan fingerprint density at radius 3 is 2.17 bits per heavy atom. The van der Waals surface area contributed by atoms with E-state index in [0.717, 1.165) is 31.7 Å². The first-order chi connectivity index (χ1) is 18.9. The van der Waals surface area contributed by atoms with Crippen LogP contribution < -0.4 is 5.73 Å². The van der Waals surface area contributed by atoms with Gasteiger partial charge in [0.05, 0.1) is 12.0 Å². The van der Waals surface area contributed by atoms with Crippen LogP contribution in [0.5, 0.6) is 0 Å². The average Bonchev–Trinajstić information content (AvgIpc) is 3.49. The Morgan fingerprint density at radius 2 is 1.63 bits per heavy atom. The first kappa shape index (κ1) is 31.9. The molecule has 4 atom stereocenters. The van der Waals surface area contributed by atoms with Crippen molar-refractivity contribution < 1.29 is 18.4 Å². The molecule has 2 saturated heterocycles. The molecular weight excluding hydrogens is 522 g/mol. The van der Waals surface area contributed by atoms with E-state index in [0.29, 0.717) is 38.2 Å². The monoisotopic (exact) mass is 574 g/mol. The molecule has 2 amide bonds. The SMILES string of the molecule is CC1(C)CCC(N(C(=O)C(C)(C)C)[C@H]2C[C@@H](CN)N(C(=O)C3CN(C(C)(C)C)C[C@H]3c3ccc(F)cc3F)C2)CC1. The summed E-state index contributed by atoms with van der Waals surface area (Å²) in [5, 5.41) is 0. The molecule has 3 aliphatic rings. The van der Waals surface area contributed by atoms with E-state index in [9.17, 15) is 14.0 Å². The predicted molar refractivity (Wildman–Crippen MR) is 159 cm³/mol. The highest BCUT2D eigenvalue weighted by atomic mass is 19.1. The molecule has 230 valence electrons. The molecule has 1 saturated carbocycles. The van der Waals surface area contributed by atoms with Gasteiger partial charge in [0.1, 0.15) is 11.6 Å². The van der Waals surface area contributed by atoms with Crippen molar-refractivity contribution in [3.63, 3.8) is 0 Å². The van der Waals surface area contributed by atoms with E-state index < -0.39 is 28.9 Å². The number of likely N-dealkylation sites (tertiary alicyclic amines) is 2. The summed E-state index contributed by atoms with van der Waals surface area (Å²) in [6.07, 6.45) is 4.70. The first-order valence-electron chi connectivity index (χ1n) is 15.5. The molecule has 6 nitrogen and oxygen atoms in total. The van der Waals surface area contributed by atoms with Crippen molar-refractivity contribution in [3.05, 3.63) is 35.4 Å². The minimum atomic E-state index is -0.625. The molecule has 1 unspecified atom stereocenters. The Bertz CT molecular complexity index is 1120. The van der Waals surface area contributed by atoms with Crippen molar-refractivity contribution in [1.29, 1.82) is 0 Å². The summed E-state index contributed by atoms with van der Waals surface area (Å²) in [6.45, 7) is 18.5. The van der Waals surface area contributed by atoms with Gasteiger partial charge in [0.15, 0.2) is 0 Å². The summed E-state index contributed by atoms with van der Waals surface area (Å²) < 4.78 is 28.9. The van der Waals surface area contributed by atoms with Gasteiger partial charge in [-0.05, 0) is 69.9 Å². The number of hydrogen-bond donors (Lipinski definition) is 1. The number of carbonyl (C=O) groups excluding carboxylic acids is 2. The topological polar surface area (TPSA) is 69.9 Å². The van der Waals surface area contributed by atoms with Crippen molar-refractivity contribution in [2.75, 3.05) is 26.2 Å². The molecule has 3 fully saturated rings. The Balaban J connectivity index is 1.63. The highest BCUT2D eigenvalue weighted by Crippen LogP contribution is 2.42. The van der Waals surface area contributed by atoms with Gasteiger partial charge in [0.2, 0.25) is 11.8 Å². The molecule has 2 heterocycles. The largest absolute Gasteiger partial charge is 0.336 e. The number of rotatable bonds is 5. The van der Waals surface area contributed by atoms with Crippen molar-refractivity contribution in [2.24, 2.45) is 22.5 Å². The number of hydrogen-bond acceptors (Lipinski definition) is 4. The Hall–Kier alpha value is -2.06. The summed E-state index contributed by atoms with van der Waals surface area (Å²) in [4.78, 5) is 34.5. The lowest BCUT2D eigenvalue weighted by Crippen LogP contribution is -2.54. The molecule has 1 aromatic carbocycles. The van der Waals surface area contributed by atoms with Crippen LogP contribution in [0.15, 0.2) is 18.2 Å². The molecule has 0 bridgehead atoms. The molecule has 8 heteroatoms. The van der Waals surface area contributed by atoms with E-state index in [-0.39, 0.29) is 40.9 Å². The lowest BCUT2D eigenvalue weighted by atomic mass is 9.74. The fraction of sp³-hybridized carbons (Fsp3) is 0.758. The van der Waals surface area contributed by atoms with Gasteiger partial charge >= 0.3 is 0 Å². The molecule has 0 spiro atoms. The third-order valence-electron chi connectivity index (χ3n) is 9.87. The second-order valence-corrected chi connectivity index (χ2v) is 15.6. The fourth-order valence-electron chi connectivity index (χ4n) is 7.20. The number of benzene rings is 1. The number of halogens is 2. The summed E-state index contributed by atoms with van der Waals surface area (Å²) in [6, 6.07) is 3.53. The average molecular weight is 575 g/mol. The van der Waals surface area contributed by atoms with Gasteiger partial charge in [-0.25, -0.2) is 8.78 Å². The van der Waals surface area contributed by atoms with Crippen LogP contribution in [-0.4, -0.2) is 76.4 Å². The zero-order valence-electron chi connectivity index (χ0n) is 26.5. The van der Waals surface area contributed by atoms with E-state index in [2.05, 4.69) is 44.4 Å². The van der Waals surface area contributed by atoms with Gasteiger partial charge in [-0.3, -0.25) is 14.5 Å². The summed E-state index contributed by atoms with van der Waals surface area (Å²) in [7, 11) is 0. The van der Waals surface area contributed by atoms with Crippen LogP contribution in [0.2, 0.25) is 0 Å². The summed E-state index contributed by atoms with van der Waals surface area (Å²) in [5.74, 6) is -2.03. The van der Waals surface area contributed by atoms with Crippen LogP contribution in [0.1, 0.15) is 99.0 Å². The highest BCUT2D eigenvalue weighted by molar-refractivity contribution is 5.83. The van der Waals surface area contributed by atoms with Crippen LogP contribution in [0, 0.1) is 28.4 Å². The van der Waals surface area contributed by atoms with E-state index in [4.69, 9.17) is 5.73 Å². The van der Waals surface area contributed by atoms with Crippen LogP contribution >= 0.6 is 0 Å². The van der Waals surface area contributed by atoms with Gasteiger partial charge in [-0.1, -0.05) is 40.7 Å². The lowest BCUT2D eigenvalue weighted by molar-refractivity contribution is -0.147. The Morgan fingerprint density at radius 1 is 1.00 bits per heavy atom. The molecule has 0 radical (unpaired) electrons. The van der Waals surface area contributed by atoms with Crippen LogP contribution in [0.3, 0.4) is 0 Å². The van der Waals surface area contributed by atoms with E-state index in [1.165, 1.54) is 12.1 Å². The molecule has 41 heavy (non-hydrogen) atoms. The third-order valence-corrected chi connectivity index (χ3v) is 9.87. The Labute approximate surface area is 246 Å². The molecule has 2 N–H and O–H groups in total. The maximum atomic E-state index is 15.1. The Kier molecular flexibility index (Phi) is 8.98. The maximum Gasteiger partial charge on any atom is 0.228 e. The van der Waals surface area contributed by atoms with Gasteiger partial charge in [-0.15, -0.1) is 0 Å². The number of nitrogens with zero attached hydrogens (tertiary/aromatic N) is 3. The second-order valence-electron chi connectivity index (χ2n) is 15.6. The minimum Gasteiger partial charge on any atom is -0.336 e. The third kappa shape index (κ3) is 6.79. The van der Waals surface area contributed by atoms with E-state index in [1.54, 1.807) is 0 Å². The molecule has 0 aromatic heterocycles. The van der Waals surface area contributed by atoms with Crippen LogP contribution in [0.25, 0.3) is 0 Å². The zero-order valence-corrected chi connectivity index (χ0v) is 26.5. The quantitative estimate of drug-likeness (QED) is 0.501. The van der Waals surface area contributed by atoms with Crippen LogP contribution in [0.4, 0.5) is 8.78 Å². The van der Waals surface area contributed by atoms with E-state index in [1.807, 2.05) is 25.7 Å². The smallest absolute Gasteiger partial charge is 0.228 e. The first-order valence-corrected chi connectivity index (χ1v) is 15.5. The highest BCUT2D eigenvalue weighted by Gasteiger charge is 2.49. The minimum absolute atomic E-state index is 0.0450. The van der Waals surface area contributed by atoms with Gasteiger partial charge in [0, 0.05) is 61.2 Å². The van der Waals surface area contributed by atoms with E-state index >= 15 is 4.39 Å². The number of carbonyl (C=O) groups is 2.